The standard InChI is InChI=1S/C15H24N2O/c1-12(13(2)18-3)16-14-7-6-8-15(11-14)17-9-4-5-10-17/h6-8,11-13,16H,4-5,9-10H2,1-3H3. The molecule has 0 bridgehead atoms. The normalized spacial score (nSPS) is 18.7. The van der Waals surface area contributed by atoms with Gasteiger partial charge in [-0.05, 0) is 44.9 Å². The molecular weight excluding hydrogens is 224 g/mol. The highest BCUT2D eigenvalue weighted by Crippen LogP contribution is 2.23. The van der Waals surface area contributed by atoms with E-state index < -0.39 is 0 Å². The van der Waals surface area contributed by atoms with Crippen LogP contribution in [0.2, 0.25) is 0 Å². The number of rotatable bonds is 5. The smallest absolute Gasteiger partial charge is 0.0741 e. The summed E-state index contributed by atoms with van der Waals surface area (Å²) in [7, 11) is 1.75. The number of benzene rings is 1. The first-order valence-corrected chi connectivity index (χ1v) is 6.85. The van der Waals surface area contributed by atoms with Crippen LogP contribution >= 0.6 is 0 Å². The van der Waals surface area contributed by atoms with Gasteiger partial charge in [0.2, 0.25) is 0 Å². The van der Waals surface area contributed by atoms with Crippen molar-refractivity contribution in [3.8, 4) is 0 Å². The molecule has 3 heteroatoms. The Morgan fingerprint density at radius 1 is 1.22 bits per heavy atom. The van der Waals surface area contributed by atoms with Gasteiger partial charge in [-0.25, -0.2) is 0 Å². The molecule has 1 aromatic carbocycles. The number of anilines is 2. The lowest BCUT2D eigenvalue weighted by Gasteiger charge is -2.23. The highest BCUT2D eigenvalue weighted by Gasteiger charge is 2.14. The van der Waals surface area contributed by atoms with Crippen molar-refractivity contribution >= 4 is 11.4 Å². The lowest BCUT2D eigenvalue weighted by atomic mass is 10.2. The fraction of sp³-hybridized carbons (Fsp3) is 0.600. The molecule has 2 atom stereocenters. The quantitative estimate of drug-likeness (QED) is 0.866. The van der Waals surface area contributed by atoms with Crippen LogP contribution in [0, 0.1) is 0 Å². The molecule has 0 aliphatic carbocycles. The summed E-state index contributed by atoms with van der Waals surface area (Å²) in [5.74, 6) is 0. The summed E-state index contributed by atoms with van der Waals surface area (Å²) in [6, 6.07) is 8.99. The topological polar surface area (TPSA) is 24.5 Å². The zero-order chi connectivity index (χ0) is 13.0. The molecule has 1 fully saturated rings. The van der Waals surface area contributed by atoms with E-state index in [9.17, 15) is 0 Å². The van der Waals surface area contributed by atoms with Crippen molar-refractivity contribution in [3.63, 3.8) is 0 Å². The summed E-state index contributed by atoms with van der Waals surface area (Å²) < 4.78 is 5.34. The van der Waals surface area contributed by atoms with Gasteiger partial charge in [0.15, 0.2) is 0 Å². The van der Waals surface area contributed by atoms with Gasteiger partial charge in [-0.15, -0.1) is 0 Å². The molecule has 0 spiro atoms. The van der Waals surface area contributed by atoms with Crippen LogP contribution in [-0.2, 0) is 4.74 Å². The maximum absolute atomic E-state index is 5.34. The Hall–Kier alpha value is -1.22. The minimum Gasteiger partial charge on any atom is -0.380 e. The SMILES string of the molecule is COC(C)C(C)Nc1cccc(N2CCCC2)c1. The number of methoxy groups -OCH3 is 1. The van der Waals surface area contributed by atoms with Crippen molar-refractivity contribution in [2.45, 2.75) is 38.8 Å². The molecule has 1 aliphatic rings. The van der Waals surface area contributed by atoms with Crippen LogP contribution < -0.4 is 10.2 Å². The van der Waals surface area contributed by atoms with Gasteiger partial charge >= 0.3 is 0 Å². The van der Waals surface area contributed by atoms with Gasteiger partial charge in [-0.2, -0.15) is 0 Å². The molecule has 1 saturated heterocycles. The van der Waals surface area contributed by atoms with Crippen LogP contribution in [0.5, 0.6) is 0 Å². The first-order chi connectivity index (χ1) is 8.70. The molecule has 0 aromatic heterocycles. The van der Waals surface area contributed by atoms with Gasteiger partial charge in [0.1, 0.15) is 0 Å². The van der Waals surface area contributed by atoms with E-state index in [1.807, 2.05) is 0 Å². The predicted octanol–water partition coefficient (Wildman–Crippen LogP) is 3.12. The number of hydrogen-bond donors (Lipinski definition) is 1. The molecular formula is C15H24N2O. The molecule has 1 heterocycles. The Labute approximate surface area is 110 Å². The van der Waals surface area contributed by atoms with E-state index in [2.05, 4.69) is 48.3 Å². The summed E-state index contributed by atoms with van der Waals surface area (Å²) in [6.45, 7) is 6.61. The molecule has 1 aliphatic heterocycles. The Morgan fingerprint density at radius 2 is 1.94 bits per heavy atom. The largest absolute Gasteiger partial charge is 0.380 e. The first kappa shape index (κ1) is 13.2. The van der Waals surface area contributed by atoms with Crippen LogP contribution in [0.15, 0.2) is 24.3 Å². The van der Waals surface area contributed by atoms with Crippen LogP contribution in [0.25, 0.3) is 0 Å². The van der Waals surface area contributed by atoms with Gasteiger partial charge in [0.25, 0.3) is 0 Å². The minimum absolute atomic E-state index is 0.209. The van der Waals surface area contributed by atoms with E-state index >= 15 is 0 Å². The van der Waals surface area contributed by atoms with Crippen molar-refractivity contribution in [1.82, 2.24) is 0 Å². The van der Waals surface area contributed by atoms with Gasteiger partial charge in [-0.1, -0.05) is 6.07 Å². The first-order valence-electron chi connectivity index (χ1n) is 6.85. The molecule has 0 amide bonds. The third-order valence-electron chi connectivity index (χ3n) is 3.79. The van der Waals surface area contributed by atoms with Crippen LogP contribution in [0.4, 0.5) is 11.4 Å². The Bertz CT molecular complexity index is 375. The average molecular weight is 248 g/mol. The summed E-state index contributed by atoms with van der Waals surface area (Å²) in [5, 5.41) is 3.50. The number of hydrogen-bond acceptors (Lipinski definition) is 3. The summed E-state index contributed by atoms with van der Waals surface area (Å²) in [6.07, 6.45) is 2.84. The third kappa shape index (κ3) is 3.16. The van der Waals surface area contributed by atoms with Crippen molar-refractivity contribution in [2.24, 2.45) is 0 Å². The molecule has 0 saturated carbocycles. The number of nitrogens with one attached hydrogen (secondary N) is 1. The second-order valence-electron chi connectivity index (χ2n) is 5.12. The van der Waals surface area contributed by atoms with Crippen molar-refractivity contribution in [2.75, 3.05) is 30.4 Å². The van der Waals surface area contributed by atoms with Crippen LogP contribution in [0.3, 0.4) is 0 Å². The zero-order valence-electron chi connectivity index (χ0n) is 11.6. The van der Waals surface area contributed by atoms with Crippen LogP contribution in [-0.4, -0.2) is 32.3 Å². The van der Waals surface area contributed by atoms with E-state index in [4.69, 9.17) is 4.74 Å². The second kappa shape index (κ2) is 6.10. The van der Waals surface area contributed by atoms with Crippen molar-refractivity contribution in [3.05, 3.63) is 24.3 Å². The van der Waals surface area contributed by atoms with Gasteiger partial charge in [0, 0.05) is 37.6 Å². The van der Waals surface area contributed by atoms with E-state index in [0.29, 0.717) is 6.04 Å². The molecule has 18 heavy (non-hydrogen) atoms. The van der Waals surface area contributed by atoms with E-state index in [1.165, 1.54) is 37.3 Å². The van der Waals surface area contributed by atoms with Crippen molar-refractivity contribution < 1.29 is 4.74 Å². The van der Waals surface area contributed by atoms with Gasteiger partial charge in [-0.3, -0.25) is 0 Å². The fourth-order valence-electron chi connectivity index (χ4n) is 2.35. The van der Waals surface area contributed by atoms with E-state index in [1.54, 1.807) is 7.11 Å². The average Bonchev–Trinajstić information content (AvgIpc) is 2.92. The van der Waals surface area contributed by atoms with Gasteiger partial charge < -0.3 is 15.0 Å². The van der Waals surface area contributed by atoms with Crippen molar-refractivity contribution in [1.29, 1.82) is 0 Å². The lowest BCUT2D eigenvalue weighted by Crippen LogP contribution is -2.29. The highest BCUT2D eigenvalue weighted by molar-refractivity contribution is 5.58. The summed E-state index contributed by atoms with van der Waals surface area (Å²) in [4.78, 5) is 2.45. The molecule has 3 nitrogen and oxygen atoms in total. The molecule has 0 radical (unpaired) electrons. The Balaban J connectivity index is 2.02. The maximum atomic E-state index is 5.34. The fourth-order valence-corrected chi connectivity index (χ4v) is 2.35. The lowest BCUT2D eigenvalue weighted by molar-refractivity contribution is 0.106. The molecule has 100 valence electrons. The molecule has 2 unspecified atom stereocenters. The molecule has 1 N–H and O–H groups in total. The monoisotopic (exact) mass is 248 g/mol. The Kier molecular flexibility index (Phi) is 4.48. The predicted molar refractivity (Wildman–Crippen MR) is 77.4 cm³/mol. The maximum Gasteiger partial charge on any atom is 0.0741 e. The number of ether oxygens (including phenoxy) is 1. The van der Waals surface area contributed by atoms with Gasteiger partial charge in [0.05, 0.1) is 6.10 Å². The molecule has 2 rings (SSSR count). The van der Waals surface area contributed by atoms with E-state index in [-0.39, 0.29) is 6.10 Å². The van der Waals surface area contributed by atoms with E-state index in [0.717, 1.165) is 0 Å². The third-order valence-corrected chi connectivity index (χ3v) is 3.79. The zero-order valence-corrected chi connectivity index (χ0v) is 11.6. The highest BCUT2D eigenvalue weighted by atomic mass is 16.5. The minimum atomic E-state index is 0.209. The summed E-state index contributed by atoms with van der Waals surface area (Å²) in [5.41, 5.74) is 2.51. The number of nitrogens with zero attached hydrogens (tertiary/aromatic N) is 1. The summed E-state index contributed by atoms with van der Waals surface area (Å²) >= 11 is 0. The van der Waals surface area contributed by atoms with Crippen LogP contribution in [0.1, 0.15) is 26.7 Å². The second-order valence-corrected chi connectivity index (χ2v) is 5.12. The Morgan fingerprint density at radius 3 is 2.61 bits per heavy atom. The molecule has 1 aromatic rings.